The molecule has 25 heavy (non-hydrogen) atoms. The highest BCUT2D eigenvalue weighted by Crippen LogP contribution is 2.16. The molecule has 1 N–H and O–H groups in total. The first-order chi connectivity index (χ1) is 12.1. The number of amides is 1. The number of aromatic nitrogens is 1. The third-order valence-electron chi connectivity index (χ3n) is 3.72. The van der Waals surface area contributed by atoms with Gasteiger partial charge in [0.15, 0.2) is 0 Å². The first kappa shape index (κ1) is 17.2. The van der Waals surface area contributed by atoms with Gasteiger partial charge in [-0.15, -0.1) is 11.3 Å². The van der Waals surface area contributed by atoms with Crippen LogP contribution in [0.15, 0.2) is 53.9 Å². The smallest absolute Gasteiger partial charge is 0.251 e. The van der Waals surface area contributed by atoms with Crippen LogP contribution in [0.3, 0.4) is 0 Å². The van der Waals surface area contributed by atoms with E-state index in [1.807, 2.05) is 55.6 Å². The van der Waals surface area contributed by atoms with Crippen molar-refractivity contribution in [1.82, 2.24) is 10.3 Å². The van der Waals surface area contributed by atoms with Gasteiger partial charge in [-0.25, -0.2) is 4.98 Å². The number of ether oxygens (including phenoxy) is 1. The molecule has 0 saturated heterocycles. The number of benzene rings is 2. The molecule has 0 aliphatic rings. The third kappa shape index (κ3) is 4.90. The standard InChI is InChI=1S/C20H20N2O2S/c1-14-6-8-16(9-7-14)11-21-20(23)17-4-3-5-19(10-17)24-12-18-13-25-15(2)22-18/h3-10,13H,11-12H2,1-2H3,(H,21,23). The number of rotatable bonds is 6. The average molecular weight is 352 g/mol. The highest BCUT2D eigenvalue weighted by atomic mass is 32.1. The van der Waals surface area contributed by atoms with E-state index in [-0.39, 0.29) is 5.91 Å². The van der Waals surface area contributed by atoms with Crippen LogP contribution in [-0.2, 0) is 13.2 Å². The predicted molar refractivity (Wildman–Crippen MR) is 100.0 cm³/mol. The second kappa shape index (κ2) is 7.94. The van der Waals surface area contributed by atoms with Gasteiger partial charge in [0.25, 0.3) is 5.91 Å². The Hall–Kier alpha value is -2.66. The van der Waals surface area contributed by atoms with E-state index in [0.717, 1.165) is 16.3 Å². The van der Waals surface area contributed by atoms with Gasteiger partial charge >= 0.3 is 0 Å². The summed E-state index contributed by atoms with van der Waals surface area (Å²) in [6, 6.07) is 15.3. The maximum Gasteiger partial charge on any atom is 0.251 e. The Kier molecular flexibility index (Phi) is 5.46. The maximum atomic E-state index is 12.3. The summed E-state index contributed by atoms with van der Waals surface area (Å²) in [5, 5.41) is 5.93. The van der Waals surface area contributed by atoms with Gasteiger partial charge in [0, 0.05) is 17.5 Å². The fraction of sp³-hybridized carbons (Fsp3) is 0.200. The second-order valence-electron chi connectivity index (χ2n) is 5.84. The van der Waals surface area contributed by atoms with E-state index in [2.05, 4.69) is 10.3 Å². The second-order valence-corrected chi connectivity index (χ2v) is 6.90. The van der Waals surface area contributed by atoms with Gasteiger partial charge in [-0.1, -0.05) is 35.9 Å². The summed E-state index contributed by atoms with van der Waals surface area (Å²) in [5.41, 5.74) is 3.76. The number of thiazole rings is 1. The lowest BCUT2D eigenvalue weighted by Crippen LogP contribution is -2.22. The molecule has 1 heterocycles. The molecule has 0 saturated carbocycles. The van der Waals surface area contributed by atoms with Crippen molar-refractivity contribution in [3.63, 3.8) is 0 Å². The van der Waals surface area contributed by atoms with Gasteiger partial charge in [0.2, 0.25) is 0 Å². The molecule has 0 radical (unpaired) electrons. The summed E-state index contributed by atoms with van der Waals surface area (Å²) in [7, 11) is 0. The van der Waals surface area contributed by atoms with Crippen LogP contribution >= 0.6 is 11.3 Å². The van der Waals surface area contributed by atoms with Gasteiger partial charge in [0.05, 0.1) is 10.7 Å². The Balaban J connectivity index is 1.58. The van der Waals surface area contributed by atoms with Gasteiger partial charge in [-0.3, -0.25) is 4.79 Å². The highest BCUT2D eigenvalue weighted by molar-refractivity contribution is 7.09. The molecular formula is C20H20N2O2S. The van der Waals surface area contributed by atoms with Gasteiger partial charge in [-0.05, 0) is 37.6 Å². The predicted octanol–water partition coefficient (Wildman–Crippen LogP) is 4.27. The van der Waals surface area contributed by atoms with Crippen molar-refractivity contribution in [3.8, 4) is 5.75 Å². The zero-order valence-corrected chi connectivity index (χ0v) is 15.1. The number of carbonyl (C=O) groups excluding carboxylic acids is 1. The molecule has 0 unspecified atom stereocenters. The Morgan fingerprint density at radius 2 is 1.96 bits per heavy atom. The van der Waals surface area contributed by atoms with Crippen molar-refractivity contribution >= 4 is 17.2 Å². The topological polar surface area (TPSA) is 51.2 Å². The van der Waals surface area contributed by atoms with Crippen LogP contribution in [0, 0.1) is 13.8 Å². The Morgan fingerprint density at radius 3 is 2.68 bits per heavy atom. The number of hydrogen-bond acceptors (Lipinski definition) is 4. The number of nitrogens with one attached hydrogen (secondary N) is 1. The number of aryl methyl sites for hydroxylation is 2. The zero-order valence-electron chi connectivity index (χ0n) is 14.3. The van der Waals surface area contributed by atoms with Crippen LogP contribution < -0.4 is 10.1 Å². The molecule has 0 aliphatic carbocycles. The van der Waals surface area contributed by atoms with Crippen LogP contribution in [0.1, 0.15) is 32.2 Å². The molecule has 0 atom stereocenters. The van der Waals surface area contributed by atoms with E-state index in [1.165, 1.54) is 5.56 Å². The molecule has 5 heteroatoms. The normalized spacial score (nSPS) is 10.5. The fourth-order valence-corrected chi connectivity index (χ4v) is 2.95. The Bertz CT molecular complexity index is 856. The van der Waals surface area contributed by atoms with Crippen LogP contribution in [0.5, 0.6) is 5.75 Å². The highest BCUT2D eigenvalue weighted by Gasteiger charge is 2.07. The zero-order chi connectivity index (χ0) is 17.6. The van der Waals surface area contributed by atoms with Crippen molar-refractivity contribution in [2.75, 3.05) is 0 Å². The molecular weight excluding hydrogens is 332 g/mol. The van der Waals surface area contributed by atoms with Crippen LogP contribution in [0.4, 0.5) is 0 Å². The lowest BCUT2D eigenvalue weighted by atomic mass is 10.1. The summed E-state index contributed by atoms with van der Waals surface area (Å²) in [6.45, 7) is 4.91. The average Bonchev–Trinajstić information content (AvgIpc) is 3.05. The largest absolute Gasteiger partial charge is 0.487 e. The molecule has 1 aromatic heterocycles. The van der Waals surface area contributed by atoms with E-state index in [1.54, 1.807) is 23.5 Å². The monoisotopic (exact) mass is 352 g/mol. The minimum atomic E-state index is -0.115. The fourth-order valence-electron chi connectivity index (χ4n) is 2.35. The molecule has 4 nitrogen and oxygen atoms in total. The summed E-state index contributed by atoms with van der Waals surface area (Å²) < 4.78 is 5.74. The van der Waals surface area contributed by atoms with Gasteiger partial charge in [-0.2, -0.15) is 0 Å². The van der Waals surface area contributed by atoms with Crippen LogP contribution in [0.2, 0.25) is 0 Å². The molecule has 0 aliphatic heterocycles. The van der Waals surface area contributed by atoms with Crippen molar-refractivity contribution in [2.45, 2.75) is 27.0 Å². The van der Waals surface area contributed by atoms with E-state index < -0.39 is 0 Å². The number of carbonyl (C=O) groups is 1. The van der Waals surface area contributed by atoms with Gasteiger partial charge < -0.3 is 10.1 Å². The Labute approximate surface area is 151 Å². The molecule has 2 aromatic carbocycles. The number of hydrogen-bond donors (Lipinski definition) is 1. The first-order valence-electron chi connectivity index (χ1n) is 8.08. The quantitative estimate of drug-likeness (QED) is 0.721. The SMILES string of the molecule is Cc1ccc(CNC(=O)c2cccc(OCc3csc(C)n3)c2)cc1. The van der Waals surface area contributed by atoms with Crippen molar-refractivity contribution in [1.29, 1.82) is 0 Å². The summed E-state index contributed by atoms with van der Waals surface area (Å²) in [5.74, 6) is 0.546. The molecule has 0 bridgehead atoms. The van der Waals surface area contributed by atoms with Gasteiger partial charge in [0.1, 0.15) is 12.4 Å². The lowest BCUT2D eigenvalue weighted by molar-refractivity contribution is 0.0950. The van der Waals surface area contributed by atoms with Crippen LogP contribution in [0.25, 0.3) is 0 Å². The maximum absolute atomic E-state index is 12.3. The van der Waals surface area contributed by atoms with Crippen molar-refractivity contribution in [3.05, 3.63) is 81.3 Å². The van der Waals surface area contributed by atoms with E-state index in [9.17, 15) is 4.79 Å². The molecule has 3 rings (SSSR count). The number of nitrogens with zero attached hydrogens (tertiary/aromatic N) is 1. The van der Waals surface area contributed by atoms with E-state index in [0.29, 0.717) is 24.5 Å². The molecule has 0 spiro atoms. The van der Waals surface area contributed by atoms with Crippen molar-refractivity contribution < 1.29 is 9.53 Å². The lowest BCUT2D eigenvalue weighted by Gasteiger charge is -2.08. The summed E-state index contributed by atoms with van der Waals surface area (Å²) in [4.78, 5) is 16.7. The third-order valence-corrected chi connectivity index (χ3v) is 4.55. The minimum absolute atomic E-state index is 0.115. The molecule has 0 fully saturated rings. The van der Waals surface area contributed by atoms with E-state index >= 15 is 0 Å². The molecule has 3 aromatic rings. The first-order valence-corrected chi connectivity index (χ1v) is 8.96. The van der Waals surface area contributed by atoms with Crippen molar-refractivity contribution in [2.24, 2.45) is 0 Å². The summed E-state index contributed by atoms with van der Waals surface area (Å²) in [6.07, 6.45) is 0. The minimum Gasteiger partial charge on any atom is -0.487 e. The summed E-state index contributed by atoms with van der Waals surface area (Å²) >= 11 is 1.60. The molecule has 1 amide bonds. The molecule has 128 valence electrons. The Morgan fingerprint density at radius 1 is 1.16 bits per heavy atom. The van der Waals surface area contributed by atoms with Crippen LogP contribution in [-0.4, -0.2) is 10.9 Å². The van der Waals surface area contributed by atoms with E-state index in [4.69, 9.17) is 4.74 Å².